The zero-order chi connectivity index (χ0) is 13.9. The fourth-order valence-corrected chi connectivity index (χ4v) is 2.33. The van der Waals surface area contributed by atoms with Crippen LogP contribution in [0.1, 0.15) is 15.9 Å². The van der Waals surface area contributed by atoms with E-state index in [0.717, 1.165) is 11.1 Å². The van der Waals surface area contributed by atoms with Crippen LogP contribution in [0.15, 0.2) is 54.9 Å². The van der Waals surface area contributed by atoms with E-state index in [1.54, 1.807) is 24.5 Å². The average Bonchev–Trinajstić information content (AvgIpc) is 2.49. The van der Waals surface area contributed by atoms with Crippen molar-refractivity contribution in [3.8, 4) is 0 Å². The number of rotatable bonds is 3. The van der Waals surface area contributed by atoms with Crippen LogP contribution >= 0.6 is 11.6 Å². The van der Waals surface area contributed by atoms with Crippen LogP contribution in [0.25, 0.3) is 11.0 Å². The summed E-state index contributed by atoms with van der Waals surface area (Å²) in [6.45, 7) is 0. The van der Waals surface area contributed by atoms with Crippen LogP contribution < -0.4 is 0 Å². The molecule has 0 spiro atoms. The molecule has 0 fully saturated rings. The van der Waals surface area contributed by atoms with Gasteiger partial charge in [-0.15, -0.1) is 0 Å². The Morgan fingerprint density at radius 2 is 1.80 bits per heavy atom. The number of para-hydroxylation sites is 1. The molecule has 0 aliphatic carbocycles. The second-order valence-electron chi connectivity index (χ2n) is 4.42. The van der Waals surface area contributed by atoms with Gasteiger partial charge in [-0.25, -0.2) is 0 Å². The maximum Gasteiger partial charge on any atom is 0.169 e. The summed E-state index contributed by atoms with van der Waals surface area (Å²) in [4.78, 5) is 20.9. The lowest BCUT2D eigenvalue weighted by Crippen LogP contribution is -2.05. The highest BCUT2D eigenvalue weighted by Gasteiger charge is 2.13. The zero-order valence-electron chi connectivity index (χ0n) is 10.6. The van der Waals surface area contributed by atoms with E-state index < -0.39 is 0 Å². The van der Waals surface area contributed by atoms with Gasteiger partial charge in [-0.1, -0.05) is 35.9 Å². The van der Waals surface area contributed by atoms with Crippen molar-refractivity contribution >= 4 is 28.4 Å². The van der Waals surface area contributed by atoms with Gasteiger partial charge in [-0.2, -0.15) is 0 Å². The van der Waals surface area contributed by atoms with Crippen LogP contribution in [0, 0.1) is 0 Å². The molecule has 0 aliphatic heterocycles. The second kappa shape index (κ2) is 5.39. The first-order valence-corrected chi connectivity index (χ1v) is 6.60. The van der Waals surface area contributed by atoms with Crippen molar-refractivity contribution in [2.75, 3.05) is 0 Å². The van der Waals surface area contributed by atoms with E-state index in [4.69, 9.17) is 11.6 Å². The minimum Gasteiger partial charge on any atom is -0.294 e. The normalized spacial score (nSPS) is 10.7. The molecule has 2 aromatic carbocycles. The molecule has 0 saturated carbocycles. The predicted molar refractivity (Wildman–Crippen MR) is 79.0 cm³/mol. The highest BCUT2D eigenvalue weighted by atomic mass is 35.5. The first-order valence-electron chi connectivity index (χ1n) is 6.22. The van der Waals surface area contributed by atoms with Gasteiger partial charge in [0.15, 0.2) is 5.78 Å². The number of hydrogen-bond acceptors (Lipinski definition) is 3. The van der Waals surface area contributed by atoms with E-state index in [9.17, 15) is 4.79 Å². The van der Waals surface area contributed by atoms with E-state index in [-0.39, 0.29) is 12.2 Å². The van der Waals surface area contributed by atoms with Crippen molar-refractivity contribution in [3.63, 3.8) is 0 Å². The number of benzene rings is 2. The van der Waals surface area contributed by atoms with Crippen LogP contribution in [0.4, 0.5) is 0 Å². The Balaban J connectivity index is 1.99. The molecule has 0 N–H and O–H groups in total. The Hall–Kier alpha value is -2.26. The van der Waals surface area contributed by atoms with Crippen molar-refractivity contribution in [3.05, 3.63) is 71.0 Å². The summed E-state index contributed by atoms with van der Waals surface area (Å²) in [5, 5.41) is 0.604. The fraction of sp³-hybridized carbons (Fsp3) is 0.0625. The molecule has 0 amide bonds. The van der Waals surface area contributed by atoms with Crippen molar-refractivity contribution in [1.82, 2.24) is 9.97 Å². The summed E-state index contributed by atoms with van der Waals surface area (Å²) in [6, 6.07) is 12.8. The van der Waals surface area contributed by atoms with Gasteiger partial charge in [-0.05, 0) is 23.8 Å². The van der Waals surface area contributed by atoms with Crippen LogP contribution in [-0.2, 0) is 6.42 Å². The maximum atomic E-state index is 12.5. The van der Waals surface area contributed by atoms with Gasteiger partial charge in [-0.3, -0.25) is 14.8 Å². The standard InChI is InChI=1S/C16H11ClN2O/c17-13-6-2-1-4-11(13)10-15(20)12-5-3-7-14-16(12)19-9-8-18-14/h1-9H,10H2. The summed E-state index contributed by atoms with van der Waals surface area (Å²) in [6.07, 6.45) is 3.47. The molecule has 4 heteroatoms. The molecule has 0 bridgehead atoms. The van der Waals surface area contributed by atoms with Gasteiger partial charge >= 0.3 is 0 Å². The number of ketones is 1. The number of nitrogens with zero attached hydrogens (tertiary/aromatic N) is 2. The van der Waals surface area contributed by atoms with E-state index in [1.165, 1.54) is 0 Å². The summed E-state index contributed by atoms with van der Waals surface area (Å²) in [5.41, 5.74) is 2.75. The zero-order valence-corrected chi connectivity index (χ0v) is 11.3. The molecule has 3 aromatic rings. The predicted octanol–water partition coefficient (Wildman–Crippen LogP) is 3.71. The smallest absolute Gasteiger partial charge is 0.169 e. The lowest BCUT2D eigenvalue weighted by molar-refractivity contribution is 0.0994. The molecule has 1 aromatic heterocycles. The monoisotopic (exact) mass is 282 g/mol. The molecule has 0 radical (unpaired) electrons. The van der Waals surface area contributed by atoms with E-state index in [0.29, 0.717) is 16.1 Å². The maximum absolute atomic E-state index is 12.5. The fourth-order valence-electron chi connectivity index (χ4n) is 2.13. The summed E-state index contributed by atoms with van der Waals surface area (Å²) in [7, 11) is 0. The van der Waals surface area contributed by atoms with Gasteiger partial charge in [0.25, 0.3) is 0 Å². The number of fused-ring (bicyclic) bond motifs is 1. The molecule has 1 heterocycles. The van der Waals surface area contributed by atoms with Crippen LogP contribution in [-0.4, -0.2) is 15.8 Å². The number of Topliss-reactive ketones (excluding diaryl/α,β-unsaturated/α-hetero) is 1. The lowest BCUT2D eigenvalue weighted by atomic mass is 10.0. The Morgan fingerprint density at radius 1 is 1.00 bits per heavy atom. The van der Waals surface area contributed by atoms with Gasteiger partial charge in [0, 0.05) is 29.4 Å². The van der Waals surface area contributed by atoms with Crippen molar-refractivity contribution in [1.29, 1.82) is 0 Å². The quantitative estimate of drug-likeness (QED) is 0.688. The number of aromatic nitrogens is 2. The van der Waals surface area contributed by atoms with Crippen LogP contribution in [0.2, 0.25) is 5.02 Å². The van der Waals surface area contributed by atoms with Crippen molar-refractivity contribution in [2.45, 2.75) is 6.42 Å². The second-order valence-corrected chi connectivity index (χ2v) is 4.83. The number of carbonyl (C=O) groups excluding carboxylic acids is 1. The molecular formula is C16H11ClN2O. The van der Waals surface area contributed by atoms with E-state index in [2.05, 4.69) is 9.97 Å². The van der Waals surface area contributed by atoms with Crippen molar-refractivity contribution in [2.24, 2.45) is 0 Å². The van der Waals surface area contributed by atoms with Gasteiger partial charge in [0.2, 0.25) is 0 Å². The van der Waals surface area contributed by atoms with Gasteiger partial charge in [0.1, 0.15) is 0 Å². The lowest BCUT2D eigenvalue weighted by Gasteiger charge is -2.05. The first kappa shape index (κ1) is 12.8. The Kier molecular flexibility index (Phi) is 3.44. The summed E-state index contributed by atoms with van der Waals surface area (Å²) < 4.78 is 0. The third-order valence-corrected chi connectivity index (χ3v) is 3.48. The van der Waals surface area contributed by atoms with Gasteiger partial charge in [0.05, 0.1) is 11.0 Å². The minimum absolute atomic E-state index is 0.01000. The third-order valence-electron chi connectivity index (χ3n) is 3.11. The van der Waals surface area contributed by atoms with E-state index >= 15 is 0 Å². The topological polar surface area (TPSA) is 42.9 Å². The SMILES string of the molecule is O=C(Cc1ccccc1Cl)c1cccc2nccnc12. The van der Waals surface area contributed by atoms with Gasteiger partial charge < -0.3 is 0 Å². The number of hydrogen-bond donors (Lipinski definition) is 0. The summed E-state index contributed by atoms with van der Waals surface area (Å²) >= 11 is 6.09. The largest absolute Gasteiger partial charge is 0.294 e. The molecule has 0 saturated heterocycles. The van der Waals surface area contributed by atoms with Crippen molar-refractivity contribution < 1.29 is 4.79 Å². The molecule has 20 heavy (non-hydrogen) atoms. The molecule has 98 valence electrons. The average molecular weight is 283 g/mol. The number of halogens is 1. The first-order chi connectivity index (χ1) is 9.75. The Labute approximate surface area is 121 Å². The molecule has 0 unspecified atom stereocenters. The Morgan fingerprint density at radius 3 is 2.65 bits per heavy atom. The molecule has 3 rings (SSSR count). The highest BCUT2D eigenvalue weighted by molar-refractivity contribution is 6.31. The van der Waals surface area contributed by atoms with E-state index in [1.807, 2.05) is 30.3 Å². The highest BCUT2D eigenvalue weighted by Crippen LogP contribution is 2.20. The van der Waals surface area contributed by atoms with Crippen LogP contribution in [0.5, 0.6) is 0 Å². The molecular weight excluding hydrogens is 272 g/mol. The minimum atomic E-state index is -0.01000. The molecule has 0 aliphatic rings. The Bertz CT molecular complexity index is 781. The number of carbonyl (C=O) groups is 1. The molecule has 3 nitrogen and oxygen atoms in total. The summed E-state index contributed by atoms with van der Waals surface area (Å²) in [5.74, 6) is -0.01000. The van der Waals surface area contributed by atoms with Crippen LogP contribution in [0.3, 0.4) is 0 Å². The third kappa shape index (κ3) is 2.40. The molecule has 0 atom stereocenters.